The first-order valence-corrected chi connectivity index (χ1v) is 9.00. The van der Waals surface area contributed by atoms with Crippen molar-refractivity contribution >= 4 is 11.8 Å². The third kappa shape index (κ3) is 3.50. The minimum Gasteiger partial charge on any atom is -0.310 e. The summed E-state index contributed by atoms with van der Waals surface area (Å²) in [4.78, 5) is 0. The van der Waals surface area contributed by atoms with E-state index in [4.69, 9.17) is 0 Å². The summed E-state index contributed by atoms with van der Waals surface area (Å²) in [6.07, 6.45) is 1.34. The van der Waals surface area contributed by atoms with E-state index in [0.717, 1.165) is 12.5 Å². The Hall–Kier alpha value is -1.25. The van der Waals surface area contributed by atoms with Crippen LogP contribution in [0.3, 0.4) is 0 Å². The standard InChI is InChI=1S/C19H23NS/c1-2-20-19(18-12-13-21-14-18)17-10-8-16(9-11-17)15-6-4-3-5-7-15/h3-11,18-20H,2,12-14H2,1H3. The first-order chi connectivity index (χ1) is 10.4. The van der Waals surface area contributed by atoms with Crippen LogP contribution in [-0.2, 0) is 0 Å². The van der Waals surface area contributed by atoms with Gasteiger partial charge in [0, 0.05) is 6.04 Å². The number of benzene rings is 2. The van der Waals surface area contributed by atoms with Crippen LogP contribution in [0.1, 0.15) is 24.9 Å². The van der Waals surface area contributed by atoms with Gasteiger partial charge in [0.25, 0.3) is 0 Å². The molecule has 1 aliphatic rings. The van der Waals surface area contributed by atoms with Gasteiger partial charge in [0.15, 0.2) is 0 Å². The first-order valence-electron chi connectivity index (χ1n) is 7.85. The van der Waals surface area contributed by atoms with Gasteiger partial charge in [-0.25, -0.2) is 0 Å². The molecule has 2 unspecified atom stereocenters. The van der Waals surface area contributed by atoms with Crippen molar-refractivity contribution in [3.05, 3.63) is 60.2 Å². The Kier molecular flexibility index (Phi) is 5.00. The first kappa shape index (κ1) is 14.7. The second-order valence-electron chi connectivity index (χ2n) is 5.65. The molecule has 1 nitrogen and oxygen atoms in total. The highest BCUT2D eigenvalue weighted by atomic mass is 32.2. The molecule has 1 heterocycles. The van der Waals surface area contributed by atoms with Gasteiger partial charge in [-0.1, -0.05) is 61.5 Å². The summed E-state index contributed by atoms with van der Waals surface area (Å²) in [5.74, 6) is 3.38. The maximum Gasteiger partial charge on any atom is 0.0356 e. The van der Waals surface area contributed by atoms with Crippen molar-refractivity contribution in [3.63, 3.8) is 0 Å². The number of thioether (sulfide) groups is 1. The number of rotatable bonds is 5. The van der Waals surface area contributed by atoms with Crippen LogP contribution >= 0.6 is 11.8 Å². The highest BCUT2D eigenvalue weighted by molar-refractivity contribution is 7.99. The smallest absolute Gasteiger partial charge is 0.0356 e. The zero-order chi connectivity index (χ0) is 14.5. The molecule has 2 atom stereocenters. The quantitative estimate of drug-likeness (QED) is 0.854. The minimum absolute atomic E-state index is 0.509. The average Bonchev–Trinajstić information content (AvgIpc) is 3.08. The normalized spacial score (nSPS) is 19.6. The summed E-state index contributed by atoms with van der Waals surface area (Å²) >= 11 is 2.09. The van der Waals surface area contributed by atoms with E-state index in [-0.39, 0.29) is 0 Å². The molecule has 1 aliphatic heterocycles. The van der Waals surface area contributed by atoms with Gasteiger partial charge in [-0.3, -0.25) is 0 Å². The van der Waals surface area contributed by atoms with Crippen molar-refractivity contribution in [1.29, 1.82) is 0 Å². The molecule has 1 N–H and O–H groups in total. The van der Waals surface area contributed by atoms with Crippen molar-refractivity contribution in [2.24, 2.45) is 5.92 Å². The van der Waals surface area contributed by atoms with E-state index < -0.39 is 0 Å². The van der Waals surface area contributed by atoms with E-state index in [1.807, 2.05) is 0 Å². The largest absolute Gasteiger partial charge is 0.310 e. The fourth-order valence-electron chi connectivity index (χ4n) is 3.11. The van der Waals surface area contributed by atoms with Crippen LogP contribution in [0.15, 0.2) is 54.6 Å². The Bertz CT molecular complexity index is 544. The highest BCUT2D eigenvalue weighted by Gasteiger charge is 2.25. The summed E-state index contributed by atoms with van der Waals surface area (Å²) < 4.78 is 0. The summed E-state index contributed by atoms with van der Waals surface area (Å²) in [6, 6.07) is 20.2. The molecule has 2 heteroatoms. The predicted molar refractivity (Wildman–Crippen MR) is 93.7 cm³/mol. The van der Waals surface area contributed by atoms with E-state index in [2.05, 4.69) is 78.6 Å². The molecule has 2 aromatic rings. The molecule has 0 spiro atoms. The lowest BCUT2D eigenvalue weighted by Gasteiger charge is -2.24. The monoisotopic (exact) mass is 297 g/mol. The molecular formula is C19H23NS. The van der Waals surface area contributed by atoms with Crippen LogP contribution in [0.4, 0.5) is 0 Å². The second kappa shape index (κ2) is 7.15. The second-order valence-corrected chi connectivity index (χ2v) is 6.80. The van der Waals surface area contributed by atoms with Crippen molar-refractivity contribution in [2.45, 2.75) is 19.4 Å². The Morgan fingerprint density at radius 2 is 1.76 bits per heavy atom. The fraction of sp³-hybridized carbons (Fsp3) is 0.368. The molecule has 0 aliphatic carbocycles. The van der Waals surface area contributed by atoms with Crippen LogP contribution in [0.5, 0.6) is 0 Å². The van der Waals surface area contributed by atoms with Crippen molar-refractivity contribution in [3.8, 4) is 11.1 Å². The van der Waals surface area contributed by atoms with Crippen molar-refractivity contribution < 1.29 is 0 Å². The number of hydrogen-bond donors (Lipinski definition) is 1. The predicted octanol–water partition coefficient (Wildman–Crippen LogP) is 4.76. The third-order valence-electron chi connectivity index (χ3n) is 4.24. The summed E-state index contributed by atoms with van der Waals surface area (Å²) in [7, 11) is 0. The lowest BCUT2D eigenvalue weighted by Crippen LogP contribution is -2.28. The van der Waals surface area contributed by atoms with Crippen LogP contribution in [0.25, 0.3) is 11.1 Å². The topological polar surface area (TPSA) is 12.0 Å². The number of nitrogens with one attached hydrogen (secondary N) is 1. The van der Waals surface area contributed by atoms with E-state index >= 15 is 0 Å². The van der Waals surface area contributed by atoms with E-state index in [9.17, 15) is 0 Å². The molecular weight excluding hydrogens is 274 g/mol. The Morgan fingerprint density at radius 1 is 1.05 bits per heavy atom. The third-order valence-corrected chi connectivity index (χ3v) is 5.43. The van der Waals surface area contributed by atoms with Crippen LogP contribution in [0.2, 0.25) is 0 Å². The maximum atomic E-state index is 3.69. The zero-order valence-corrected chi connectivity index (χ0v) is 13.4. The molecule has 0 aromatic heterocycles. The van der Waals surface area contributed by atoms with Crippen LogP contribution in [-0.4, -0.2) is 18.1 Å². The Balaban J connectivity index is 1.81. The summed E-state index contributed by atoms with van der Waals surface area (Å²) in [5.41, 5.74) is 4.03. The van der Waals surface area contributed by atoms with Gasteiger partial charge < -0.3 is 5.32 Å². The van der Waals surface area contributed by atoms with Crippen molar-refractivity contribution in [1.82, 2.24) is 5.32 Å². The van der Waals surface area contributed by atoms with Gasteiger partial charge in [0.1, 0.15) is 0 Å². The molecule has 0 saturated carbocycles. The molecule has 3 rings (SSSR count). The Morgan fingerprint density at radius 3 is 2.38 bits per heavy atom. The van der Waals surface area contributed by atoms with E-state index in [1.165, 1.54) is 34.6 Å². The van der Waals surface area contributed by atoms with Gasteiger partial charge in [0.05, 0.1) is 0 Å². The fourth-order valence-corrected chi connectivity index (χ4v) is 4.40. The lowest BCUT2D eigenvalue weighted by molar-refractivity contribution is 0.401. The SMILES string of the molecule is CCNC(c1ccc(-c2ccccc2)cc1)C1CCSC1. The molecule has 1 fully saturated rings. The Labute approximate surface area is 132 Å². The van der Waals surface area contributed by atoms with Crippen LogP contribution in [0, 0.1) is 5.92 Å². The van der Waals surface area contributed by atoms with Gasteiger partial charge in [-0.05, 0) is 47.1 Å². The van der Waals surface area contributed by atoms with E-state index in [0.29, 0.717) is 6.04 Å². The maximum absolute atomic E-state index is 3.69. The van der Waals surface area contributed by atoms with Crippen LogP contribution < -0.4 is 5.32 Å². The molecule has 0 radical (unpaired) electrons. The molecule has 0 bridgehead atoms. The van der Waals surface area contributed by atoms with Gasteiger partial charge in [-0.15, -0.1) is 0 Å². The lowest BCUT2D eigenvalue weighted by atomic mass is 9.91. The zero-order valence-electron chi connectivity index (χ0n) is 12.6. The average molecular weight is 297 g/mol. The molecule has 2 aromatic carbocycles. The molecule has 110 valence electrons. The van der Waals surface area contributed by atoms with E-state index in [1.54, 1.807) is 0 Å². The van der Waals surface area contributed by atoms with Gasteiger partial charge in [-0.2, -0.15) is 11.8 Å². The molecule has 0 amide bonds. The van der Waals surface area contributed by atoms with Gasteiger partial charge in [0.2, 0.25) is 0 Å². The number of hydrogen-bond acceptors (Lipinski definition) is 2. The summed E-state index contributed by atoms with van der Waals surface area (Å²) in [5, 5.41) is 3.69. The minimum atomic E-state index is 0.509. The van der Waals surface area contributed by atoms with Gasteiger partial charge >= 0.3 is 0 Å². The highest BCUT2D eigenvalue weighted by Crippen LogP contribution is 2.34. The molecule has 21 heavy (non-hydrogen) atoms. The van der Waals surface area contributed by atoms with Crippen molar-refractivity contribution in [2.75, 3.05) is 18.1 Å². The summed E-state index contributed by atoms with van der Waals surface area (Å²) in [6.45, 7) is 3.24. The molecule has 1 saturated heterocycles.